The first-order valence-electron chi connectivity index (χ1n) is 25.6. The highest BCUT2D eigenvalue weighted by molar-refractivity contribution is 6.12. The minimum Gasteiger partial charge on any atom is -0.377 e. The van der Waals surface area contributed by atoms with E-state index in [9.17, 15) is 28.8 Å². The van der Waals surface area contributed by atoms with Gasteiger partial charge in [0, 0.05) is 36.8 Å². The van der Waals surface area contributed by atoms with Crippen LogP contribution in [0.3, 0.4) is 0 Å². The molecular formula is C50H79N9O15. The Morgan fingerprint density at radius 3 is 1.74 bits per heavy atom. The molecule has 0 radical (unpaired) electrons. The van der Waals surface area contributed by atoms with Crippen LogP contribution in [0.2, 0.25) is 0 Å². The van der Waals surface area contributed by atoms with Crippen molar-refractivity contribution in [3.8, 4) is 0 Å². The van der Waals surface area contributed by atoms with Crippen LogP contribution < -0.4 is 27.0 Å². The first kappa shape index (κ1) is 61.3. The molecule has 414 valence electrons. The molecule has 24 nitrogen and oxygen atoms in total. The summed E-state index contributed by atoms with van der Waals surface area (Å²) in [6.07, 6.45) is 9.21. The summed E-state index contributed by atoms with van der Waals surface area (Å²) in [5.74, 6) is -1.66. The molecule has 1 aliphatic carbocycles. The Balaban J connectivity index is 0.818. The van der Waals surface area contributed by atoms with Gasteiger partial charge in [-0.25, -0.2) is 4.68 Å². The van der Waals surface area contributed by atoms with Gasteiger partial charge in [-0.15, -0.1) is 5.10 Å². The lowest BCUT2D eigenvalue weighted by Crippen LogP contribution is -2.45. The Morgan fingerprint density at radius 1 is 0.662 bits per heavy atom. The number of carbonyl (C=O) groups excluding carboxylic acids is 6. The third kappa shape index (κ3) is 27.3. The zero-order chi connectivity index (χ0) is 52.9. The average molecular weight is 1050 g/mol. The number of aryl methyl sites for hydroxylation is 1. The van der Waals surface area contributed by atoms with Gasteiger partial charge in [-0.1, -0.05) is 22.9 Å². The van der Waals surface area contributed by atoms with E-state index in [1.54, 1.807) is 23.0 Å². The maximum atomic E-state index is 12.8. The number of nitrogens with two attached hydrogens (primary N) is 1. The third-order valence-corrected chi connectivity index (χ3v) is 11.6. The molecular weight excluding hydrogens is 967 g/mol. The summed E-state index contributed by atoms with van der Waals surface area (Å²) < 4.78 is 51.1. The van der Waals surface area contributed by atoms with Crippen molar-refractivity contribution in [2.24, 2.45) is 17.6 Å². The van der Waals surface area contributed by atoms with Crippen molar-refractivity contribution in [3.05, 3.63) is 53.9 Å². The lowest BCUT2D eigenvalue weighted by molar-refractivity contribution is -0.138. The van der Waals surface area contributed by atoms with Gasteiger partial charge in [-0.3, -0.25) is 33.7 Å². The molecule has 1 fully saturated rings. The number of ether oxygens (including phenoxy) is 9. The van der Waals surface area contributed by atoms with Crippen LogP contribution in [0.25, 0.3) is 0 Å². The first-order chi connectivity index (χ1) is 36.1. The van der Waals surface area contributed by atoms with Gasteiger partial charge in [0.2, 0.25) is 23.6 Å². The van der Waals surface area contributed by atoms with E-state index in [-0.39, 0.29) is 68.4 Å². The Labute approximate surface area is 433 Å². The topological polar surface area (TPSA) is 294 Å². The number of nitrogens with zero attached hydrogens (tertiary/aromatic N) is 4. The largest absolute Gasteiger partial charge is 0.377 e. The molecule has 0 saturated heterocycles. The second-order valence-electron chi connectivity index (χ2n) is 17.5. The van der Waals surface area contributed by atoms with E-state index in [0.717, 1.165) is 37.7 Å². The van der Waals surface area contributed by atoms with E-state index in [0.29, 0.717) is 143 Å². The maximum Gasteiger partial charge on any atom is 0.253 e. The van der Waals surface area contributed by atoms with Crippen molar-refractivity contribution >= 4 is 41.1 Å². The second kappa shape index (κ2) is 38.3. The number of nitrogens with one attached hydrogen (secondary N) is 4. The summed E-state index contributed by atoms with van der Waals surface area (Å²) in [4.78, 5) is 75.1. The first-order valence-corrected chi connectivity index (χ1v) is 25.6. The van der Waals surface area contributed by atoms with Gasteiger partial charge >= 0.3 is 0 Å². The number of hydrogen-bond donors (Lipinski definition) is 5. The van der Waals surface area contributed by atoms with Crippen molar-refractivity contribution in [2.75, 3.05) is 144 Å². The molecule has 2 heterocycles. The number of imide groups is 1. The van der Waals surface area contributed by atoms with E-state index in [1.165, 1.54) is 17.1 Å². The predicted octanol–water partition coefficient (Wildman–Crippen LogP) is 0.452. The van der Waals surface area contributed by atoms with Crippen LogP contribution in [0.1, 0.15) is 56.2 Å². The van der Waals surface area contributed by atoms with E-state index >= 15 is 0 Å². The van der Waals surface area contributed by atoms with Gasteiger partial charge in [-0.05, 0) is 76.5 Å². The number of anilines is 1. The van der Waals surface area contributed by atoms with Gasteiger partial charge in [-0.2, -0.15) is 0 Å². The van der Waals surface area contributed by atoms with Crippen LogP contribution in [-0.4, -0.2) is 200 Å². The summed E-state index contributed by atoms with van der Waals surface area (Å²) in [5.41, 5.74) is 7.94. The molecule has 74 heavy (non-hydrogen) atoms. The minimum absolute atomic E-state index is 0.0184. The van der Waals surface area contributed by atoms with Gasteiger partial charge in [0.1, 0.15) is 24.9 Å². The number of benzene rings is 1. The molecule has 1 atom stereocenters. The molecule has 24 heteroatoms. The zero-order valence-electron chi connectivity index (χ0n) is 43.0. The normalized spacial score (nSPS) is 15.9. The van der Waals surface area contributed by atoms with E-state index in [2.05, 4.69) is 31.6 Å². The highest BCUT2D eigenvalue weighted by Crippen LogP contribution is 2.30. The van der Waals surface area contributed by atoms with E-state index in [4.69, 9.17) is 48.4 Å². The van der Waals surface area contributed by atoms with Crippen LogP contribution in [0.5, 0.6) is 0 Å². The van der Waals surface area contributed by atoms with Gasteiger partial charge in [0.25, 0.3) is 11.8 Å². The molecule has 1 aromatic heterocycles. The van der Waals surface area contributed by atoms with Crippen LogP contribution in [0.15, 0.2) is 42.6 Å². The van der Waals surface area contributed by atoms with Gasteiger partial charge < -0.3 is 69.6 Å². The molecule has 0 spiro atoms. The smallest absolute Gasteiger partial charge is 0.253 e. The number of carbonyl (C=O) groups is 6. The standard InChI is InChI=1S/C50H79N9O15/c1-39-5-11-42(12-6-39)54-50(65)44(4-2-3-15-51)55-46(61)38-74-37-45(60)52-16-18-66-20-22-68-24-26-70-28-30-72-32-33-73-31-29-71-27-25-69-23-21-67-19-17-58-36-43(56-57-58)34-53-49(64)41-9-7-40(8-10-41)35-59-47(62)13-14-48(59)63/h5-6,11-14,36,40-41,44H,2-4,7-10,15-35,37-38,51H2,1H3,(H,52,60)(H,53,64)(H,54,65)(H,55,61)/t40?,41?,44-/m0/s1. The molecule has 1 aliphatic heterocycles. The second-order valence-corrected chi connectivity index (χ2v) is 17.5. The van der Waals surface area contributed by atoms with Crippen LogP contribution >= 0.6 is 0 Å². The predicted molar refractivity (Wildman–Crippen MR) is 268 cm³/mol. The molecule has 0 unspecified atom stereocenters. The third-order valence-electron chi connectivity index (χ3n) is 11.6. The molecule has 2 aliphatic rings. The summed E-state index contributed by atoms with van der Waals surface area (Å²) in [6, 6.07) is 6.59. The fourth-order valence-corrected chi connectivity index (χ4v) is 7.54. The molecule has 1 aromatic carbocycles. The van der Waals surface area contributed by atoms with Crippen molar-refractivity contribution in [2.45, 2.75) is 71.0 Å². The maximum absolute atomic E-state index is 12.8. The summed E-state index contributed by atoms with van der Waals surface area (Å²) in [6.45, 7) is 9.81. The van der Waals surface area contributed by atoms with Crippen molar-refractivity contribution in [3.63, 3.8) is 0 Å². The van der Waals surface area contributed by atoms with Crippen LogP contribution in [0, 0.1) is 18.8 Å². The van der Waals surface area contributed by atoms with E-state index < -0.39 is 17.9 Å². The molecule has 0 bridgehead atoms. The van der Waals surface area contributed by atoms with Crippen molar-refractivity contribution in [1.29, 1.82) is 0 Å². The Bertz CT molecular complexity index is 1930. The monoisotopic (exact) mass is 1050 g/mol. The van der Waals surface area contributed by atoms with Crippen LogP contribution in [-0.2, 0) is 84.5 Å². The van der Waals surface area contributed by atoms with Crippen LogP contribution in [0.4, 0.5) is 5.69 Å². The Kier molecular flexibility index (Phi) is 31.7. The highest BCUT2D eigenvalue weighted by atomic mass is 16.6. The minimum atomic E-state index is -0.766. The lowest BCUT2D eigenvalue weighted by Gasteiger charge is -2.29. The average Bonchev–Trinajstić information content (AvgIpc) is 3.99. The lowest BCUT2D eigenvalue weighted by atomic mass is 9.81. The molecule has 1 saturated carbocycles. The molecule has 6 amide bonds. The summed E-state index contributed by atoms with van der Waals surface area (Å²) >= 11 is 0. The molecule has 4 rings (SSSR count). The Hall–Kier alpha value is -5.28. The zero-order valence-corrected chi connectivity index (χ0v) is 43.0. The number of amides is 6. The summed E-state index contributed by atoms with van der Waals surface area (Å²) in [5, 5.41) is 19.4. The van der Waals surface area contributed by atoms with Gasteiger partial charge in [0.15, 0.2) is 0 Å². The number of unbranched alkanes of at least 4 members (excludes halogenated alkanes) is 1. The summed E-state index contributed by atoms with van der Waals surface area (Å²) in [7, 11) is 0. The SMILES string of the molecule is Cc1ccc(NC(=O)[C@H](CCCCN)NC(=O)COCC(=O)NCCOCCOCCOCCOCCOCCOCCOCCOCCn2cc(CNC(=O)C3CCC(CN4C(=O)C=CC4=O)CC3)nn2)cc1. The Morgan fingerprint density at radius 2 is 1.19 bits per heavy atom. The van der Waals surface area contributed by atoms with E-state index in [1.807, 2.05) is 19.1 Å². The molecule has 6 N–H and O–H groups in total. The highest BCUT2D eigenvalue weighted by Gasteiger charge is 2.31. The number of aromatic nitrogens is 3. The number of rotatable bonds is 43. The molecule has 2 aromatic rings. The van der Waals surface area contributed by atoms with Gasteiger partial charge in [0.05, 0.1) is 125 Å². The fourth-order valence-electron chi connectivity index (χ4n) is 7.54. The number of hydrogen-bond acceptors (Lipinski definition) is 18. The van der Waals surface area contributed by atoms with Crippen molar-refractivity contribution < 1.29 is 71.4 Å². The fraction of sp³-hybridized carbons (Fsp3) is 0.680. The quantitative estimate of drug-likeness (QED) is 0.0445. The van der Waals surface area contributed by atoms with Crippen molar-refractivity contribution in [1.82, 2.24) is 35.8 Å².